The summed E-state index contributed by atoms with van der Waals surface area (Å²) in [4.78, 5) is 1.30. The summed E-state index contributed by atoms with van der Waals surface area (Å²) in [6, 6.07) is 11.6. The molecule has 1 aromatic rings. The van der Waals surface area contributed by atoms with Gasteiger partial charge in [-0.1, -0.05) is 37.5 Å². The van der Waals surface area contributed by atoms with Gasteiger partial charge in [-0.25, -0.2) is 0 Å². The first-order chi connectivity index (χ1) is 6.95. The van der Waals surface area contributed by atoms with Gasteiger partial charge in [-0.15, -0.1) is 11.8 Å². The Morgan fingerprint density at radius 3 is 2.79 bits per heavy atom. The molecule has 14 heavy (non-hydrogen) atoms. The molecule has 1 radical (unpaired) electrons. The molecule has 1 fully saturated rings. The zero-order valence-electron chi connectivity index (χ0n) is 8.54. The van der Waals surface area contributed by atoms with Crippen LogP contribution in [0.3, 0.4) is 0 Å². The summed E-state index contributed by atoms with van der Waals surface area (Å²) in [5.74, 6) is 2.25. The minimum Gasteiger partial charge on any atom is -0.125 e. The number of hydrogen-bond acceptors (Lipinski definition) is 1. The highest BCUT2D eigenvalue weighted by molar-refractivity contribution is 7.99. The van der Waals surface area contributed by atoms with Crippen LogP contribution in [-0.4, -0.2) is 5.75 Å². The molecule has 0 bridgehead atoms. The predicted molar refractivity (Wildman–Crippen MR) is 62.6 cm³/mol. The van der Waals surface area contributed by atoms with Crippen LogP contribution in [-0.2, 0) is 0 Å². The molecule has 1 saturated carbocycles. The molecule has 0 nitrogen and oxygen atoms in total. The molecule has 1 aliphatic rings. The van der Waals surface area contributed by atoms with E-state index in [0.29, 0.717) is 0 Å². The Morgan fingerprint density at radius 1 is 1.21 bits per heavy atom. The van der Waals surface area contributed by atoms with Crippen LogP contribution in [0.25, 0.3) is 0 Å². The molecule has 0 saturated heterocycles. The summed E-state index contributed by atoms with van der Waals surface area (Å²) >= 11 is 1.97. The molecule has 1 aromatic carbocycles. The lowest BCUT2D eigenvalue weighted by atomic mass is 9.91. The Kier molecular flexibility index (Phi) is 3.93. The molecule has 75 valence electrons. The SMILES string of the molecule is [c]1ccccc1SCC1CCCCC1. The molecule has 0 N–H and O–H groups in total. The van der Waals surface area contributed by atoms with Gasteiger partial charge in [-0.2, -0.15) is 0 Å². The molecule has 0 spiro atoms. The zero-order chi connectivity index (χ0) is 9.64. The molecular weight excluding hydrogens is 188 g/mol. The van der Waals surface area contributed by atoms with Gasteiger partial charge in [0.2, 0.25) is 0 Å². The third-order valence-electron chi connectivity index (χ3n) is 2.88. The molecule has 0 unspecified atom stereocenters. The van der Waals surface area contributed by atoms with Crippen LogP contribution < -0.4 is 0 Å². The van der Waals surface area contributed by atoms with Gasteiger partial charge in [0.1, 0.15) is 0 Å². The Hall–Kier alpha value is -0.430. The van der Waals surface area contributed by atoms with Crippen LogP contribution in [0.5, 0.6) is 0 Å². The summed E-state index contributed by atoms with van der Waals surface area (Å²) in [6.45, 7) is 0. The van der Waals surface area contributed by atoms with Crippen molar-refractivity contribution in [3.05, 3.63) is 30.3 Å². The van der Waals surface area contributed by atoms with E-state index in [1.165, 1.54) is 42.8 Å². The standard InChI is InChI=1S/C13H17S/c1-3-7-12(8-4-1)11-14-13-9-5-2-6-10-13/h2,5-6,9,12H,1,3-4,7-8,11H2. The van der Waals surface area contributed by atoms with Crippen molar-refractivity contribution < 1.29 is 0 Å². The lowest BCUT2D eigenvalue weighted by Crippen LogP contribution is -2.08. The Bertz CT molecular complexity index is 249. The highest BCUT2D eigenvalue weighted by Gasteiger charge is 2.13. The van der Waals surface area contributed by atoms with E-state index < -0.39 is 0 Å². The molecule has 1 heteroatoms. The maximum atomic E-state index is 3.27. The fraction of sp³-hybridized carbons (Fsp3) is 0.538. The average molecular weight is 205 g/mol. The maximum absolute atomic E-state index is 3.27. The molecular formula is C13H17S. The van der Waals surface area contributed by atoms with E-state index in [9.17, 15) is 0 Å². The monoisotopic (exact) mass is 205 g/mol. The van der Waals surface area contributed by atoms with E-state index in [0.717, 1.165) is 5.92 Å². The average Bonchev–Trinajstić information content (AvgIpc) is 2.29. The molecule has 1 aliphatic carbocycles. The van der Waals surface area contributed by atoms with E-state index in [4.69, 9.17) is 0 Å². The summed E-state index contributed by atoms with van der Waals surface area (Å²) in [5.41, 5.74) is 0. The van der Waals surface area contributed by atoms with E-state index in [1.54, 1.807) is 0 Å². The van der Waals surface area contributed by atoms with Crippen molar-refractivity contribution in [3.8, 4) is 0 Å². The lowest BCUT2D eigenvalue weighted by Gasteiger charge is -2.20. The minimum absolute atomic E-state index is 0.961. The van der Waals surface area contributed by atoms with Gasteiger partial charge in [-0.05, 0) is 30.9 Å². The smallest absolute Gasteiger partial charge is 0.0151 e. The fourth-order valence-corrected chi connectivity index (χ4v) is 3.10. The lowest BCUT2D eigenvalue weighted by molar-refractivity contribution is 0.391. The number of thioether (sulfide) groups is 1. The van der Waals surface area contributed by atoms with Crippen molar-refractivity contribution in [2.45, 2.75) is 37.0 Å². The van der Waals surface area contributed by atoms with E-state index >= 15 is 0 Å². The van der Waals surface area contributed by atoms with Crippen molar-refractivity contribution in [1.82, 2.24) is 0 Å². The number of hydrogen-bond donors (Lipinski definition) is 0. The molecule has 0 amide bonds. The van der Waals surface area contributed by atoms with Crippen molar-refractivity contribution in [2.75, 3.05) is 5.75 Å². The Balaban J connectivity index is 1.76. The highest BCUT2D eigenvalue weighted by atomic mass is 32.2. The second kappa shape index (κ2) is 5.45. The third kappa shape index (κ3) is 3.06. The van der Waals surface area contributed by atoms with Crippen molar-refractivity contribution in [2.24, 2.45) is 5.92 Å². The quantitative estimate of drug-likeness (QED) is 0.668. The van der Waals surface area contributed by atoms with Gasteiger partial charge in [0.15, 0.2) is 0 Å². The van der Waals surface area contributed by atoms with Gasteiger partial charge in [0.25, 0.3) is 0 Å². The fourth-order valence-electron chi connectivity index (χ4n) is 2.03. The van der Waals surface area contributed by atoms with E-state index in [2.05, 4.69) is 18.2 Å². The van der Waals surface area contributed by atoms with Crippen LogP contribution in [0.2, 0.25) is 0 Å². The van der Waals surface area contributed by atoms with E-state index in [1.807, 2.05) is 23.9 Å². The van der Waals surface area contributed by atoms with Crippen molar-refractivity contribution in [1.29, 1.82) is 0 Å². The second-order valence-corrected chi connectivity index (χ2v) is 5.10. The first kappa shape index (κ1) is 10.1. The van der Waals surface area contributed by atoms with Crippen molar-refractivity contribution >= 4 is 11.8 Å². The molecule has 0 heterocycles. The highest BCUT2D eigenvalue weighted by Crippen LogP contribution is 2.29. The summed E-state index contributed by atoms with van der Waals surface area (Å²) in [6.07, 6.45) is 7.24. The first-order valence-corrected chi connectivity index (χ1v) is 6.53. The van der Waals surface area contributed by atoms with Gasteiger partial charge >= 0.3 is 0 Å². The topological polar surface area (TPSA) is 0 Å². The van der Waals surface area contributed by atoms with Gasteiger partial charge < -0.3 is 0 Å². The molecule has 0 atom stereocenters. The summed E-state index contributed by atoms with van der Waals surface area (Å²) in [5, 5.41) is 0. The second-order valence-electron chi connectivity index (χ2n) is 4.04. The maximum Gasteiger partial charge on any atom is 0.0151 e. The minimum atomic E-state index is 0.961. The van der Waals surface area contributed by atoms with Crippen LogP contribution >= 0.6 is 11.8 Å². The van der Waals surface area contributed by atoms with Crippen LogP contribution in [0.15, 0.2) is 29.2 Å². The predicted octanol–water partition coefficient (Wildman–Crippen LogP) is 4.16. The summed E-state index contributed by atoms with van der Waals surface area (Å²) in [7, 11) is 0. The molecule has 0 aliphatic heterocycles. The molecule has 2 rings (SSSR count). The van der Waals surface area contributed by atoms with Gasteiger partial charge in [0.05, 0.1) is 0 Å². The molecule has 0 aromatic heterocycles. The third-order valence-corrected chi connectivity index (χ3v) is 4.08. The Morgan fingerprint density at radius 2 is 2.07 bits per heavy atom. The van der Waals surface area contributed by atoms with Gasteiger partial charge in [-0.3, -0.25) is 0 Å². The van der Waals surface area contributed by atoms with Crippen LogP contribution in [0, 0.1) is 12.0 Å². The van der Waals surface area contributed by atoms with E-state index in [-0.39, 0.29) is 0 Å². The largest absolute Gasteiger partial charge is 0.125 e. The first-order valence-electron chi connectivity index (χ1n) is 5.54. The zero-order valence-corrected chi connectivity index (χ0v) is 9.35. The van der Waals surface area contributed by atoms with Crippen LogP contribution in [0.4, 0.5) is 0 Å². The summed E-state index contributed by atoms with van der Waals surface area (Å²) < 4.78 is 0. The number of benzene rings is 1. The van der Waals surface area contributed by atoms with Gasteiger partial charge in [0, 0.05) is 10.6 Å². The normalized spacial score (nSPS) is 18.3. The number of rotatable bonds is 3. The van der Waals surface area contributed by atoms with Crippen LogP contribution in [0.1, 0.15) is 32.1 Å². The Labute approximate surface area is 91.1 Å². The van der Waals surface area contributed by atoms with Crippen molar-refractivity contribution in [3.63, 3.8) is 0 Å².